The first-order chi connectivity index (χ1) is 9.79. The first-order valence-electron chi connectivity index (χ1n) is 6.14. The Kier molecular flexibility index (Phi) is 4.33. The third kappa shape index (κ3) is 3.61. The van der Waals surface area contributed by atoms with Crippen molar-refractivity contribution >= 4 is 5.91 Å². The van der Waals surface area contributed by atoms with Crippen molar-refractivity contribution in [2.24, 2.45) is 0 Å². The molecule has 2 rings (SSSR count). The number of β-amino-alcohol motifs (C(OH)–C–C–N with tert-alkyl or cyclic N) is 1. The van der Waals surface area contributed by atoms with Crippen molar-refractivity contribution < 1.29 is 27.8 Å². The average molecular weight is 306 g/mol. The van der Waals surface area contributed by atoms with Gasteiger partial charge in [-0.15, -0.1) is 0 Å². The molecule has 1 unspecified atom stereocenters. The standard InChI is InChI=1S/C12H13F3N2O4/c13-12(14,15)9-2-1-8(10(19)16-9)11(20)17-3-4-21-6-7(18)5-17/h1-2,7,18H,3-6H2,(H,16,19). The Bertz CT molecular complexity index is 585. The minimum absolute atomic E-state index is 0.0424. The molecule has 1 atom stereocenters. The number of carbonyl (C=O) groups is 1. The van der Waals surface area contributed by atoms with Crippen molar-refractivity contribution in [3.05, 3.63) is 33.7 Å². The lowest BCUT2D eigenvalue weighted by atomic mass is 10.2. The Balaban J connectivity index is 2.25. The lowest BCUT2D eigenvalue weighted by molar-refractivity contribution is -0.141. The highest BCUT2D eigenvalue weighted by atomic mass is 19.4. The smallest absolute Gasteiger partial charge is 0.389 e. The Morgan fingerprint density at radius 2 is 2.14 bits per heavy atom. The molecule has 6 nitrogen and oxygen atoms in total. The summed E-state index contributed by atoms with van der Waals surface area (Å²) in [6.07, 6.45) is -5.59. The van der Waals surface area contributed by atoms with E-state index in [1.807, 2.05) is 0 Å². The number of alkyl halides is 3. The SMILES string of the molecule is O=C(c1ccc(C(F)(F)F)[nH]c1=O)N1CCOCC(O)C1. The summed E-state index contributed by atoms with van der Waals surface area (Å²) in [4.78, 5) is 26.6. The number of aliphatic hydroxyl groups is 1. The van der Waals surface area contributed by atoms with E-state index in [4.69, 9.17) is 4.74 Å². The van der Waals surface area contributed by atoms with Crippen molar-refractivity contribution in [2.75, 3.05) is 26.3 Å². The predicted octanol–water partition coefficient (Wildman–Crippen LogP) is 0.227. The van der Waals surface area contributed by atoms with Gasteiger partial charge in [0.05, 0.1) is 19.3 Å². The topological polar surface area (TPSA) is 82.6 Å². The second-order valence-corrected chi connectivity index (χ2v) is 4.59. The quantitative estimate of drug-likeness (QED) is 0.778. The number of hydrogen-bond donors (Lipinski definition) is 2. The monoisotopic (exact) mass is 306 g/mol. The lowest BCUT2D eigenvalue weighted by Crippen LogP contribution is -2.40. The summed E-state index contributed by atoms with van der Waals surface area (Å²) in [6, 6.07) is 1.47. The van der Waals surface area contributed by atoms with Gasteiger partial charge in [0.15, 0.2) is 0 Å². The fourth-order valence-electron chi connectivity index (χ4n) is 1.95. The Hall–Kier alpha value is -1.87. The Morgan fingerprint density at radius 3 is 2.76 bits per heavy atom. The van der Waals surface area contributed by atoms with Crippen LogP contribution in [0.1, 0.15) is 16.1 Å². The van der Waals surface area contributed by atoms with Crippen LogP contribution in [-0.2, 0) is 10.9 Å². The number of aliphatic hydroxyl groups excluding tert-OH is 1. The molecule has 1 aliphatic heterocycles. The van der Waals surface area contributed by atoms with Crippen LogP contribution in [0.3, 0.4) is 0 Å². The van der Waals surface area contributed by atoms with E-state index in [9.17, 15) is 27.9 Å². The lowest BCUT2D eigenvalue weighted by Gasteiger charge is -2.21. The van der Waals surface area contributed by atoms with Crippen LogP contribution in [0, 0.1) is 0 Å². The number of ether oxygens (including phenoxy) is 1. The summed E-state index contributed by atoms with van der Waals surface area (Å²) in [5.74, 6) is -0.741. The molecular formula is C12H13F3N2O4. The third-order valence-electron chi connectivity index (χ3n) is 2.98. The molecule has 0 radical (unpaired) electrons. The van der Waals surface area contributed by atoms with E-state index in [0.717, 1.165) is 6.07 Å². The zero-order valence-corrected chi connectivity index (χ0v) is 10.8. The number of nitrogens with zero attached hydrogens (tertiary/aromatic N) is 1. The maximum atomic E-state index is 12.4. The fourth-order valence-corrected chi connectivity index (χ4v) is 1.95. The minimum atomic E-state index is -4.69. The number of nitrogens with one attached hydrogen (secondary N) is 1. The molecule has 0 aromatic carbocycles. The number of amides is 1. The third-order valence-corrected chi connectivity index (χ3v) is 2.98. The summed E-state index contributed by atoms with van der Waals surface area (Å²) in [5, 5.41) is 9.52. The van der Waals surface area contributed by atoms with Gasteiger partial charge in [0.1, 0.15) is 11.3 Å². The predicted molar refractivity (Wildman–Crippen MR) is 64.8 cm³/mol. The molecule has 0 spiro atoms. The molecule has 9 heteroatoms. The van der Waals surface area contributed by atoms with Crippen LogP contribution < -0.4 is 5.56 Å². The Labute approximate surface area is 117 Å². The van der Waals surface area contributed by atoms with Gasteiger partial charge >= 0.3 is 6.18 Å². The number of aromatic nitrogens is 1. The van der Waals surface area contributed by atoms with E-state index in [1.165, 1.54) is 4.90 Å². The highest BCUT2D eigenvalue weighted by molar-refractivity contribution is 5.93. The van der Waals surface area contributed by atoms with E-state index >= 15 is 0 Å². The van der Waals surface area contributed by atoms with E-state index in [0.29, 0.717) is 6.07 Å². The molecule has 116 valence electrons. The maximum Gasteiger partial charge on any atom is 0.431 e. The number of rotatable bonds is 1. The number of pyridine rings is 1. The normalized spacial score (nSPS) is 20.2. The van der Waals surface area contributed by atoms with Crippen LogP contribution in [0.2, 0.25) is 0 Å². The first kappa shape index (κ1) is 15.5. The van der Waals surface area contributed by atoms with E-state index < -0.39 is 35.0 Å². The minimum Gasteiger partial charge on any atom is -0.389 e. The molecule has 1 aromatic rings. The largest absolute Gasteiger partial charge is 0.431 e. The molecule has 0 bridgehead atoms. The zero-order chi connectivity index (χ0) is 15.6. The van der Waals surface area contributed by atoms with Crippen LogP contribution in [0.5, 0.6) is 0 Å². The van der Waals surface area contributed by atoms with Gasteiger partial charge in [0.2, 0.25) is 0 Å². The van der Waals surface area contributed by atoms with E-state index in [1.54, 1.807) is 4.98 Å². The van der Waals surface area contributed by atoms with E-state index in [-0.39, 0.29) is 26.3 Å². The molecule has 1 fully saturated rings. The van der Waals surface area contributed by atoms with Crippen molar-refractivity contribution in [3.8, 4) is 0 Å². The highest BCUT2D eigenvalue weighted by Gasteiger charge is 2.33. The molecule has 2 heterocycles. The van der Waals surface area contributed by atoms with Crippen molar-refractivity contribution in [1.29, 1.82) is 0 Å². The number of hydrogen-bond acceptors (Lipinski definition) is 4. The Morgan fingerprint density at radius 1 is 1.43 bits per heavy atom. The number of halogens is 3. The molecule has 2 N–H and O–H groups in total. The van der Waals surface area contributed by atoms with Crippen molar-refractivity contribution in [3.63, 3.8) is 0 Å². The van der Waals surface area contributed by atoms with Crippen molar-refractivity contribution in [2.45, 2.75) is 12.3 Å². The summed E-state index contributed by atoms with van der Waals surface area (Å²) < 4.78 is 42.4. The highest BCUT2D eigenvalue weighted by Crippen LogP contribution is 2.26. The van der Waals surface area contributed by atoms with Gasteiger partial charge in [-0.05, 0) is 12.1 Å². The molecule has 21 heavy (non-hydrogen) atoms. The van der Waals surface area contributed by atoms with Crippen LogP contribution in [0.25, 0.3) is 0 Å². The van der Waals surface area contributed by atoms with Gasteiger partial charge in [-0.1, -0.05) is 0 Å². The van der Waals surface area contributed by atoms with Crippen LogP contribution in [0.15, 0.2) is 16.9 Å². The summed E-state index contributed by atoms with van der Waals surface area (Å²) in [5.41, 5.74) is -2.74. The molecule has 1 aliphatic rings. The zero-order valence-electron chi connectivity index (χ0n) is 10.8. The second-order valence-electron chi connectivity index (χ2n) is 4.59. The molecule has 0 aliphatic carbocycles. The van der Waals surface area contributed by atoms with Gasteiger partial charge < -0.3 is 19.7 Å². The van der Waals surface area contributed by atoms with Crippen molar-refractivity contribution in [1.82, 2.24) is 9.88 Å². The van der Waals surface area contributed by atoms with Gasteiger partial charge in [-0.3, -0.25) is 9.59 Å². The van der Waals surface area contributed by atoms with Crippen LogP contribution in [0.4, 0.5) is 13.2 Å². The average Bonchev–Trinajstić information content (AvgIpc) is 2.61. The molecule has 1 saturated heterocycles. The molecule has 1 aromatic heterocycles. The molecule has 1 amide bonds. The van der Waals surface area contributed by atoms with Crippen LogP contribution in [-0.4, -0.2) is 53.3 Å². The fraction of sp³-hybridized carbons (Fsp3) is 0.500. The number of aromatic amines is 1. The molecule has 0 saturated carbocycles. The first-order valence-corrected chi connectivity index (χ1v) is 6.14. The summed E-state index contributed by atoms with van der Waals surface area (Å²) in [6.45, 7) is 0.351. The number of carbonyl (C=O) groups excluding carboxylic acids is 1. The summed E-state index contributed by atoms with van der Waals surface area (Å²) >= 11 is 0. The van der Waals surface area contributed by atoms with Gasteiger partial charge in [0.25, 0.3) is 11.5 Å². The summed E-state index contributed by atoms with van der Waals surface area (Å²) in [7, 11) is 0. The van der Waals surface area contributed by atoms with Crippen LogP contribution >= 0.6 is 0 Å². The van der Waals surface area contributed by atoms with Gasteiger partial charge in [-0.25, -0.2) is 0 Å². The van der Waals surface area contributed by atoms with Gasteiger partial charge in [-0.2, -0.15) is 13.2 Å². The van der Waals surface area contributed by atoms with Gasteiger partial charge in [0, 0.05) is 13.1 Å². The number of H-pyrrole nitrogens is 1. The second kappa shape index (κ2) is 5.86. The maximum absolute atomic E-state index is 12.4. The molecular weight excluding hydrogens is 293 g/mol. The van der Waals surface area contributed by atoms with E-state index in [2.05, 4.69) is 0 Å².